The number of hydrogen-bond acceptors (Lipinski definition) is 1. The highest BCUT2D eigenvalue weighted by Crippen LogP contribution is 2.34. The molecule has 0 spiro atoms. The Kier molecular flexibility index (Phi) is 1.72. The molecule has 0 heterocycles. The second-order valence-electron chi connectivity index (χ2n) is 3.48. The van der Waals surface area contributed by atoms with Gasteiger partial charge in [-0.3, -0.25) is 0 Å². The summed E-state index contributed by atoms with van der Waals surface area (Å²) >= 11 is 0. The molecule has 1 fully saturated rings. The highest BCUT2D eigenvalue weighted by molar-refractivity contribution is 5.38. The summed E-state index contributed by atoms with van der Waals surface area (Å²) in [5.74, 6) is 0. The molecule has 0 unspecified atom stereocenters. The van der Waals surface area contributed by atoms with Gasteiger partial charge in [0.25, 0.3) is 0 Å². The molecule has 0 atom stereocenters. The fraction of sp³-hybridized carbons (Fsp3) is 0.600. The molecule has 11 heavy (non-hydrogen) atoms. The Morgan fingerprint density at radius 3 is 2.73 bits per heavy atom. The molecule has 60 valence electrons. The van der Waals surface area contributed by atoms with Crippen molar-refractivity contribution < 1.29 is 0 Å². The summed E-state index contributed by atoms with van der Waals surface area (Å²) in [5.41, 5.74) is 10.1. The van der Waals surface area contributed by atoms with Crippen molar-refractivity contribution in [1.82, 2.24) is 0 Å². The minimum Gasteiger partial charge on any atom is -0.402 e. The molecule has 2 aliphatic carbocycles. The van der Waals surface area contributed by atoms with Gasteiger partial charge in [0.05, 0.1) is 0 Å². The van der Waals surface area contributed by atoms with Crippen molar-refractivity contribution in [3.05, 3.63) is 22.9 Å². The highest BCUT2D eigenvalue weighted by atomic mass is 14.6. The van der Waals surface area contributed by atoms with E-state index in [2.05, 4.69) is 6.08 Å². The lowest BCUT2D eigenvalue weighted by Crippen LogP contribution is -2.11. The van der Waals surface area contributed by atoms with E-state index in [0.717, 1.165) is 6.42 Å². The Morgan fingerprint density at radius 1 is 1.09 bits per heavy atom. The molecule has 2 rings (SSSR count). The molecule has 0 saturated heterocycles. The van der Waals surface area contributed by atoms with Gasteiger partial charge in [0, 0.05) is 5.70 Å². The molecule has 0 aromatic carbocycles. The lowest BCUT2D eigenvalue weighted by Gasteiger charge is -2.23. The van der Waals surface area contributed by atoms with Gasteiger partial charge in [-0.1, -0.05) is 6.08 Å². The van der Waals surface area contributed by atoms with Crippen molar-refractivity contribution in [2.24, 2.45) is 5.73 Å². The highest BCUT2D eigenvalue weighted by Gasteiger charge is 2.16. The largest absolute Gasteiger partial charge is 0.402 e. The van der Waals surface area contributed by atoms with E-state index in [1.807, 2.05) is 0 Å². The topological polar surface area (TPSA) is 26.0 Å². The standard InChI is InChI=1S/C10H15N/c11-10-7-3-5-8-4-1-2-6-9(8)10/h5H,1-4,6-7,11H2. The number of hydrogen-bond donors (Lipinski definition) is 1. The zero-order chi connectivity index (χ0) is 7.68. The van der Waals surface area contributed by atoms with Gasteiger partial charge in [-0.15, -0.1) is 0 Å². The van der Waals surface area contributed by atoms with Crippen LogP contribution in [-0.4, -0.2) is 0 Å². The van der Waals surface area contributed by atoms with Crippen LogP contribution in [0.15, 0.2) is 22.9 Å². The summed E-state index contributed by atoms with van der Waals surface area (Å²) in [6.45, 7) is 0. The zero-order valence-electron chi connectivity index (χ0n) is 6.90. The van der Waals surface area contributed by atoms with Gasteiger partial charge in [-0.2, -0.15) is 0 Å². The average molecular weight is 149 g/mol. The molecule has 0 amide bonds. The van der Waals surface area contributed by atoms with Crippen molar-refractivity contribution in [1.29, 1.82) is 0 Å². The lowest BCUT2D eigenvalue weighted by atomic mass is 9.84. The normalized spacial score (nSPS) is 24.5. The van der Waals surface area contributed by atoms with Crippen LogP contribution in [0.5, 0.6) is 0 Å². The van der Waals surface area contributed by atoms with Gasteiger partial charge in [0.2, 0.25) is 0 Å². The third-order valence-electron chi connectivity index (χ3n) is 2.70. The molecular formula is C10H15N. The molecule has 2 aliphatic rings. The van der Waals surface area contributed by atoms with Crippen LogP contribution in [0.2, 0.25) is 0 Å². The first-order chi connectivity index (χ1) is 5.38. The molecule has 0 bridgehead atoms. The second-order valence-corrected chi connectivity index (χ2v) is 3.48. The quantitative estimate of drug-likeness (QED) is 0.562. The van der Waals surface area contributed by atoms with E-state index in [1.165, 1.54) is 43.4 Å². The number of rotatable bonds is 0. The molecule has 0 aliphatic heterocycles. The van der Waals surface area contributed by atoms with E-state index in [9.17, 15) is 0 Å². The summed E-state index contributed by atoms with van der Waals surface area (Å²) in [6, 6.07) is 0. The van der Waals surface area contributed by atoms with Crippen LogP contribution in [-0.2, 0) is 0 Å². The monoisotopic (exact) mass is 149 g/mol. The Bertz CT molecular complexity index is 223. The van der Waals surface area contributed by atoms with Crippen LogP contribution in [0, 0.1) is 0 Å². The molecule has 2 N–H and O–H groups in total. The zero-order valence-corrected chi connectivity index (χ0v) is 6.90. The summed E-state index contributed by atoms with van der Waals surface area (Å²) < 4.78 is 0. The van der Waals surface area contributed by atoms with Crippen molar-refractivity contribution in [3.63, 3.8) is 0 Å². The minimum atomic E-state index is 1.10. The maximum absolute atomic E-state index is 5.93. The van der Waals surface area contributed by atoms with Crippen LogP contribution in [0.4, 0.5) is 0 Å². The summed E-state index contributed by atoms with van der Waals surface area (Å²) in [7, 11) is 0. The van der Waals surface area contributed by atoms with E-state index in [4.69, 9.17) is 5.73 Å². The molecule has 1 heteroatoms. The Balaban J connectivity index is 2.29. The molecule has 1 nitrogen and oxygen atoms in total. The first kappa shape index (κ1) is 6.96. The molecular weight excluding hydrogens is 134 g/mol. The van der Waals surface area contributed by atoms with E-state index < -0.39 is 0 Å². The molecule has 0 radical (unpaired) electrons. The molecule has 1 saturated carbocycles. The van der Waals surface area contributed by atoms with E-state index in [0.29, 0.717) is 0 Å². The fourth-order valence-electron chi connectivity index (χ4n) is 2.07. The van der Waals surface area contributed by atoms with Gasteiger partial charge in [-0.25, -0.2) is 0 Å². The minimum absolute atomic E-state index is 1.10. The SMILES string of the molecule is NC1=C2CCCCC2=CCC1. The first-order valence-electron chi connectivity index (χ1n) is 4.55. The average Bonchev–Trinajstić information content (AvgIpc) is 2.06. The smallest absolute Gasteiger partial charge is 0.0119 e. The Hall–Kier alpha value is -0.720. The predicted octanol–water partition coefficient (Wildman–Crippen LogP) is 2.49. The van der Waals surface area contributed by atoms with Crippen LogP contribution in [0.3, 0.4) is 0 Å². The fourth-order valence-corrected chi connectivity index (χ4v) is 2.07. The number of fused-ring (bicyclic) bond motifs is 1. The van der Waals surface area contributed by atoms with Crippen LogP contribution in [0.25, 0.3) is 0 Å². The third-order valence-corrected chi connectivity index (χ3v) is 2.70. The van der Waals surface area contributed by atoms with Crippen molar-refractivity contribution >= 4 is 0 Å². The van der Waals surface area contributed by atoms with Gasteiger partial charge < -0.3 is 5.73 Å². The van der Waals surface area contributed by atoms with Crippen LogP contribution in [0.1, 0.15) is 38.5 Å². The van der Waals surface area contributed by atoms with Crippen molar-refractivity contribution in [2.75, 3.05) is 0 Å². The van der Waals surface area contributed by atoms with Gasteiger partial charge in [0.1, 0.15) is 0 Å². The first-order valence-corrected chi connectivity index (χ1v) is 4.55. The van der Waals surface area contributed by atoms with E-state index >= 15 is 0 Å². The molecule has 0 aromatic heterocycles. The summed E-state index contributed by atoms with van der Waals surface area (Å²) in [6.07, 6.45) is 9.86. The summed E-state index contributed by atoms with van der Waals surface area (Å²) in [4.78, 5) is 0. The van der Waals surface area contributed by atoms with E-state index in [-0.39, 0.29) is 0 Å². The number of nitrogens with two attached hydrogens (primary N) is 1. The summed E-state index contributed by atoms with van der Waals surface area (Å²) in [5, 5.41) is 0. The maximum Gasteiger partial charge on any atom is 0.0119 e. The Labute approximate surface area is 68.0 Å². The lowest BCUT2D eigenvalue weighted by molar-refractivity contribution is 0.654. The van der Waals surface area contributed by atoms with Gasteiger partial charge in [0.15, 0.2) is 0 Å². The van der Waals surface area contributed by atoms with Crippen molar-refractivity contribution in [2.45, 2.75) is 38.5 Å². The number of allylic oxidation sites excluding steroid dienone is 4. The van der Waals surface area contributed by atoms with Crippen LogP contribution < -0.4 is 5.73 Å². The van der Waals surface area contributed by atoms with Gasteiger partial charge in [-0.05, 0) is 49.7 Å². The van der Waals surface area contributed by atoms with Gasteiger partial charge >= 0.3 is 0 Å². The molecule has 0 aromatic rings. The predicted molar refractivity (Wildman–Crippen MR) is 47.0 cm³/mol. The van der Waals surface area contributed by atoms with Crippen LogP contribution >= 0.6 is 0 Å². The Morgan fingerprint density at radius 2 is 1.91 bits per heavy atom. The van der Waals surface area contributed by atoms with E-state index in [1.54, 1.807) is 5.57 Å². The maximum atomic E-state index is 5.93. The third kappa shape index (κ3) is 1.20. The van der Waals surface area contributed by atoms with Crippen molar-refractivity contribution in [3.8, 4) is 0 Å². The second kappa shape index (κ2) is 2.72.